The van der Waals surface area contributed by atoms with E-state index in [0.717, 1.165) is 19.3 Å². The van der Waals surface area contributed by atoms with Gasteiger partial charge in [-0.3, -0.25) is 4.21 Å². The first-order valence-electron chi connectivity index (χ1n) is 5.99. The quantitative estimate of drug-likeness (QED) is 0.806. The van der Waals surface area contributed by atoms with Gasteiger partial charge in [-0.05, 0) is 30.7 Å². The largest absolute Gasteiger partial charge is 0.260 e. The molecule has 1 saturated carbocycles. The fraction of sp³-hybridized carbons (Fsp3) is 0.500. The fourth-order valence-corrected chi connectivity index (χ4v) is 3.83. The third-order valence-electron chi connectivity index (χ3n) is 3.65. The van der Waals surface area contributed by atoms with E-state index in [9.17, 15) is 4.21 Å². The highest BCUT2D eigenvalue weighted by Gasteiger charge is 2.33. The van der Waals surface area contributed by atoms with E-state index in [2.05, 4.69) is 18.2 Å². The van der Waals surface area contributed by atoms with Crippen LogP contribution in [0.1, 0.15) is 30.7 Å². The number of nitrogens with zero attached hydrogens (tertiary/aromatic N) is 1. The summed E-state index contributed by atoms with van der Waals surface area (Å²) in [5, 5.41) is 9.12. The summed E-state index contributed by atoms with van der Waals surface area (Å²) in [5.74, 6) is 0.440. The molecule has 1 aromatic rings. The van der Waals surface area contributed by atoms with Gasteiger partial charge in [-0.25, -0.2) is 0 Å². The zero-order chi connectivity index (χ0) is 12.3. The van der Waals surface area contributed by atoms with Crippen LogP contribution in [-0.2, 0) is 10.8 Å². The lowest BCUT2D eigenvalue weighted by Crippen LogP contribution is -2.31. The molecule has 0 bridgehead atoms. The first-order chi connectivity index (χ1) is 8.22. The third kappa shape index (κ3) is 2.76. The molecule has 4 atom stereocenters. The number of hydrogen-bond acceptors (Lipinski definition) is 2. The van der Waals surface area contributed by atoms with Crippen LogP contribution >= 0.6 is 0 Å². The van der Waals surface area contributed by atoms with Crippen LogP contribution in [-0.4, -0.2) is 15.7 Å². The standard InChI is InChI=1S/C14H17NOS/c1-17(16)14-9-12(7-8-13(14)10-15)11-5-3-2-4-6-11/h2-6,12-14H,7-9H2,1H3. The van der Waals surface area contributed by atoms with Gasteiger partial charge < -0.3 is 0 Å². The molecule has 2 rings (SSSR count). The molecule has 0 aliphatic heterocycles. The lowest BCUT2D eigenvalue weighted by molar-refractivity contribution is 0.388. The van der Waals surface area contributed by atoms with Crippen LogP contribution < -0.4 is 0 Å². The summed E-state index contributed by atoms with van der Waals surface area (Å²) < 4.78 is 11.7. The summed E-state index contributed by atoms with van der Waals surface area (Å²) in [4.78, 5) is 0. The first-order valence-corrected chi connectivity index (χ1v) is 7.61. The van der Waals surface area contributed by atoms with Crippen LogP contribution in [0.25, 0.3) is 0 Å². The number of rotatable bonds is 2. The molecule has 1 aromatic carbocycles. The molecule has 17 heavy (non-hydrogen) atoms. The molecular formula is C14H17NOS. The predicted octanol–water partition coefficient (Wildman–Crippen LogP) is 2.84. The van der Waals surface area contributed by atoms with Crippen LogP contribution in [0, 0.1) is 17.2 Å². The predicted molar refractivity (Wildman–Crippen MR) is 70.0 cm³/mol. The van der Waals surface area contributed by atoms with E-state index in [4.69, 9.17) is 5.26 Å². The maximum absolute atomic E-state index is 11.7. The van der Waals surface area contributed by atoms with E-state index < -0.39 is 10.8 Å². The molecule has 0 aromatic heterocycles. The summed E-state index contributed by atoms with van der Waals surface area (Å²) in [6, 6.07) is 12.7. The fourth-order valence-electron chi connectivity index (χ4n) is 2.67. The van der Waals surface area contributed by atoms with Crippen LogP contribution in [0.15, 0.2) is 30.3 Å². The smallest absolute Gasteiger partial charge is 0.0668 e. The Hall–Kier alpha value is -1.14. The van der Waals surface area contributed by atoms with Gasteiger partial charge in [0.2, 0.25) is 0 Å². The molecule has 90 valence electrons. The van der Waals surface area contributed by atoms with Gasteiger partial charge in [0, 0.05) is 17.1 Å². The molecular weight excluding hydrogens is 230 g/mol. The maximum atomic E-state index is 11.7. The van der Waals surface area contributed by atoms with Gasteiger partial charge in [-0.2, -0.15) is 5.26 Å². The lowest BCUT2D eigenvalue weighted by Gasteiger charge is -2.31. The topological polar surface area (TPSA) is 40.9 Å². The average molecular weight is 247 g/mol. The molecule has 0 N–H and O–H groups in total. The molecule has 0 radical (unpaired) electrons. The van der Waals surface area contributed by atoms with E-state index in [1.165, 1.54) is 5.56 Å². The zero-order valence-corrected chi connectivity index (χ0v) is 10.8. The molecule has 4 unspecified atom stereocenters. The highest BCUT2D eigenvalue weighted by molar-refractivity contribution is 7.84. The second kappa shape index (κ2) is 5.46. The normalized spacial score (nSPS) is 30.5. The Morgan fingerprint density at radius 2 is 2.00 bits per heavy atom. The average Bonchev–Trinajstić information content (AvgIpc) is 2.39. The molecule has 0 amide bonds. The molecule has 0 heterocycles. The van der Waals surface area contributed by atoms with E-state index in [1.807, 2.05) is 18.2 Å². The van der Waals surface area contributed by atoms with E-state index in [0.29, 0.717) is 5.92 Å². The third-order valence-corrected chi connectivity index (χ3v) is 5.03. The molecule has 0 spiro atoms. The number of benzene rings is 1. The Labute approximate surface area is 105 Å². The molecule has 0 saturated heterocycles. The number of nitriles is 1. The summed E-state index contributed by atoms with van der Waals surface area (Å²) in [7, 11) is -0.899. The van der Waals surface area contributed by atoms with Crippen molar-refractivity contribution in [2.24, 2.45) is 5.92 Å². The van der Waals surface area contributed by atoms with Crippen molar-refractivity contribution in [3.05, 3.63) is 35.9 Å². The van der Waals surface area contributed by atoms with Crippen LogP contribution in [0.3, 0.4) is 0 Å². The van der Waals surface area contributed by atoms with Crippen molar-refractivity contribution >= 4 is 10.8 Å². The summed E-state index contributed by atoms with van der Waals surface area (Å²) >= 11 is 0. The Morgan fingerprint density at radius 1 is 1.29 bits per heavy atom. The Bertz CT molecular complexity index is 437. The van der Waals surface area contributed by atoms with Crippen molar-refractivity contribution in [2.75, 3.05) is 6.26 Å². The van der Waals surface area contributed by atoms with E-state index >= 15 is 0 Å². The highest BCUT2D eigenvalue weighted by atomic mass is 32.2. The zero-order valence-electron chi connectivity index (χ0n) is 10.0. The van der Waals surface area contributed by atoms with Crippen molar-refractivity contribution in [3.8, 4) is 6.07 Å². The second-order valence-electron chi connectivity index (χ2n) is 4.69. The van der Waals surface area contributed by atoms with Crippen molar-refractivity contribution in [2.45, 2.75) is 30.4 Å². The summed E-state index contributed by atoms with van der Waals surface area (Å²) in [6.45, 7) is 0. The second-order valence-corrected chi connectivity index (χ2v) is 6.30. The van der Waals surface area contributed by atoms with Crippen LogP contribution in [0.4, 0.5) is 0 Å². The van der Waals surface area contributed by atoms with Crippen molar-refractivity contribution in [1.29, 1.82) is 5.26 Å². The lowest BCUT2D eigenvalue weighted by atomic mass is 9.79. The van der Waals surface area contributed by atoms with Crippen molar-refractivity contribution < 1.29 is 4.21 Å². The van der Waals surface area contributed by atoms with Crippen LogP contribution in [0.2, 0.25) is 0 Å². The first kappa shape index (κ1) is 12.3. The van der Waals surface area contributed by atoms with Gasteiger partial charge >= 0.3 is 0 Å². The molecule has 3 heteroatoms. The van der Waals surface area contributed by atoms with Gasteiger partial charge in [-0.15, -0.1) is 0 Å². The number of hydrogen-bond donors (Lipinski definition) is 0. The summed E-state index contributed by atoms with van der Waals surface area (Å²) in [5.41, 5.74) is 1.32. The van der Waals surface area contributed by atoms with Crippen molar-refractivity contribution in [3.63, 3.8) is 0 Å². The van der Waals surface area contributed by atoms with E-state index in [-0.39, 0.29) is 11.2 Å². The minimum Gasteiger partial charge on any atom is -0.260 e. The minimum absolute atomic E-state index is 0.0270. The molecule has 1 aliphatic rings. The van der Waals surface area contributed by atoms with E-state index in [1.54, 1.807) is 6.26 Å². The van der Waals surface area contributed by atoms with Crippen molar-refractivity contribution in [1.82, 2.24) is 0 Å². The van der Waals surface area contributed by atoms with Crippen LogP contribution in [0.5, 0.6) is 0 Å². The monoisotopic (exact) mass is 247 g/mol. The Balaban J connectivity index is 2.15. The molecule has 1 fully saturated rings. The van der Waals surface area contributed by atoms with Gasteiger partial charge in [0.15, 0.2) is 0 Å². The van der Waals surface area contributed by atoms with Gasteiger partial charge in [-0.1, -0.05) is 30.3 Å². The Kier molecular flexibility index (Phi) is 3.96. The minimum atomic E-state index is -0.899. The summed E-state index contributed by atoms with van der Waals surface area (Å²) in [6.07, 6.45) is 4.52. The highest BCUT2D eigenvalue weighted by Crippen LogP contribution is 2.37. The van der Waals surface area contributed by atoms with Gasteiger partial charge in [0.25, 0.3) is 0 Å². The Morgan fingerprint density at radius 3 is 2.59 bits per heavy atom. The van der Waals surface area contributed by atoms with Gasteiger partial charge in [0.1, 0.15) is 0 Å². The SMILES string of the molecule is CS(=O)C1CC(c2ccccc2)CCC1C#N. The molecule has 2 nitrogen and oxygen atoms in total. The maximum Gasteiger partial charge on any atom is 0.0668 e. The van der Waals surface area contributed by atoms with Gasteiger partial charge in [0.05, 0.1) is 17.2 Å². The molecule has 1 aliphatic carbocycles.